The van der Waals surface area contributed by atoms with E-state index in [0.717, 1.165) is 23.1 Å². The summed E-state index contributed by atoms with van der Waals surface area (Å²) in [5.41, 5.74) is 6.11. The number of halogens is 2. The first-order valence-electron chi connectivity index (χ1n) is 4.13. The molecule has 0 fully saturated rings. The summed E-state index contributed by atoms with van der Waals surface area (Å²) >= 11 is 3.32. The van der Waals surface area contributed by atoms with Gasteiger partial charge in [0.15, 0.2) is 0 Å². The van der Waals surface area contributed by atoms with Gasteiger partial charge in [-0.1, -0.05) is 0 Å². The molecule has 0 aliphatic heterocycles. The molecule has 72 valence electrons. The van der Waals surface area contributed by atoms with Gasteiger partial charge in [0.25, 0.3) is 0 Å². The Balaban J connectivity index is 2.59. The average molecular weight is 247 g/mol. The van der Waals surface area contributed by atoms with Crippen LogP contribution in [-0.4, -0.2) is 13.1 Å². The van der Waals surface area contributed by atoms with E-state index in [4.69, 9.17) is 5.73 Å². The second-order valence-electron chi connectivity index (χ2n) is 2.69. The van der Waals surface area contributed by atoms with Gasteiger partial charge in [0.1, 0.15) is 5.82 Å². The standard InChI is InChI=1S/C9H12BrFN2/c10-8-3-2-7(11)6-9(8)13-5-1-4-12/h2-3,6,13H,1,4-5,12H2. The van der Waals surface area contributed by atoms with E-state index in [1.807, 2.05) is 0 Å². The first kappa shape index (κ1) is 10.5. The van der Waals surface area contributed by atoms with Crippen molar-refractivity contribution in [3.63, 3.8) is 0 Å². The van der Waals surface area contributed by atoms with E-state index in [1.54, 1.807) is 6.07 Å². The number of benzene rings is 1. The third kappa shape index (κ3) is 3.32. The molecule has 0 aromatic heterocycles. The molecular weight excluding hydrogens is 235 g/mol. The molecule has 0 radical (unpaired) electrons. The number of nitrogens with one attached hydrogen (secondary N) is 1. The van der Waals surface area contributed by atoms with Crippen molar-refractivity contribution in [3.8, 4) is 0 Å². The summed E-state index contributed by atoms with van der Waals surface area (Å²) in [6.45, 7) is 1.40. The van der Waals surface area contributed by atoms with Crippen molar-refractivity contribution in [2.24, 2.45) is 5.73 Å². The lowest BCUT2D eigenvalue weighted by Gasteiger charge is -2.07. The predicted octanol–water partition coefficient (Wildman–Crippen LogP) is 2.35. The minimum absolute atomic E-state index is 0.238. The molecule has 0 unspecified atom stereocenters. The van der Waals surface area contributed by atoms with E-state index in [2.05, 4.69) is 21.2 Å². The van der Waals surface area contributed by atoms with Gasteiger partial charge < -0.3 is 11.1 Å². The van der Waals surface area contributed by atoms with E-state index in [-0.39, 0.29) is 5.82 Å². The highest BCUT2D eigenvalue weighted by molar-refractivity contribution is 9.10. The van der Waals surface area contributed by atoms with E-state index in [1.165, 1.54) is 12.1 Å². The van der Waals surface area contributed by atoms with Crippen LogP contribution >= 0.6 is 15.9 Å². The highest BCUT2D eigenvalue weighted by Crippen LogP contribution is 2.22. The number of hydrogen-bond acceptors (Lipinski definition) is 2. The molecule has 4 heteroatoms. The fraction of sp³-hybridized carbons (Fsp3) is 0.333. The van der Waals surface area contributed by atoms with Gasteiger partial charge in [0.05, 0.1) is 5.69 Å². The van der Waals surface area contributed by atoms with Crippen LogP contribution < -0.4 is 11.1 Å². The van der Waals surface area contributed by atoms with Crippen LogP contribution in [0.2, 0.25) is 0 Å². The summed E-state index contributed by atoms with van der Waals surface area (Å²) in [5.74, 6) is -0.238. The molecule has 13 heavy (non-hydrogen) atoms. The van der Waals surface area contributed by atoms with Crippen molar-refractivity contribution in [2.75, 3.05) is 18.4 Å². The van der Waals surface area contributed by atoms with Crippen molar-refractivity contribution in [3.05, 3.63) is 28.5 Å². The molecule has 0 amide bonds. The summed E-state index contributed by atoms with van der Waals surface area (Å²) in [5, 5.41) is 3.09. The maximum absolute atomic E-state index is 12.8. The molecule has 0 aliphatic rings. The highest BCUT2D eigenvalue weighted by Gasteiger charge is 1.99. The van der Waals surface area contributed by atoms with Crippen LogP contribution in [-0.2, 0) is 0 Å². The number of hydrogen-bond donors (Lipinski definition) is 2. The number of nitrogens with two attached hydrogens (primary N) is 1. The molecule has 0 aliphatic carbocycles. The van der Waals surface area contributed by atoms with Gasteiger partial charge in [0, 0.05) is 11.0 Å². The van der Waals surface area contributed by atoms with Crippen LogP contribution in [0.15, 0.2) is 22.7 Å². The van der Waals surface area contributed by atoms with Gasteiger partial charge in [-0.2, -0.15) is 0 Å². The molecule has 0 spiro atoms. The Kier molecular flexibility index (Phi) is 4.18. The van der Waals surface area contributed by atoms with Crippen molar-refractivity contribution in [2.45, 2.75) is 6.42 Å². The van der Waals surface area contributed by atoms with Crippen molar-refractivity contribution < 1.29 is 4.39 Å². The number of rotatable bonds is 4. The van der Waals surface area contributed by atoms with Gasteiger partial charge in [-0.3, -0.25) is 0 Å². The van der Waals surface area contributed by atoms with Gasteiger partial charge in [-0.05, 0) is 47.1 Å². The normalized spacial score (nSPS) is 10.1. The second-order valence-corrected chi connectivity index (χ2v) is 3.55. The molecule has 3 N–H and O–H groups in total. The fourth-order valence-corrected chi connectivity index (χ4v) is 1.34. The zero-order chi connectivity index (χ0) is 9.68. The van der Waals surface area contributed by atoms with E-state index in [0.29, 0.717) is 6.54 Å². The smallest absolute Gasteiger partial charge is 0.125 e. The van der Waals surface area contributed by atoms with Gasteiger partial charge in [-0.15, -0.1) is 0 Å². The summed E-state index contributed by atoms with van der Waals surface area (Å²) in [6, 6.07) is 4.55. The first-order valence-corrected chi connectivity index (χ1v) is 4.92. The maximum Gasteiger partial charge on any atom is 0.125 e. The Morgan fingerprint density at radius 3 is 2.92 bits per heavy atom. The average Bonchev–Trinajstić information content (AvgIpc) is 2.11. The minimum Gasteiger partial charge on any atom is -0.384 e. The second kappa shape index (κ2) is 5.19. The lowest BCUT2D eigenvalue weighted by Crippen LogP contribution is -2.08. The van der Waals surface area contributed by atoms with E-state index < -0.39 is 0 Å². The first-order chi connectivity index (χ1) is 6.24. The van der Waals surface area contributed by atoms with Crippen molar-refractivity contribution >= 4 is 21.6 Å². The minimum atomic E-state index is -0.238. The lowest BCUT2D eigenvalue weighted by molar-refractivity contribution is 0.628. The molecular formula is C9H12BrFN2. The van der Waals surface area contributed by atoms with Crippen LogP contribution in [0, 0.1) is 5.82 Å². The van der Waals surface area contributed by atoms with Crippen LogP contribution in [0.1, 0.15) is 6.42 Å². The van der Waals surface area contributed by atoms with Gasteiger partial charge >= 0.3 is 0 Å². The Morgan fingerprint density at radius 2 is 2.23 bits per heavy atom. The van der Waals surface area contributed by atoms with Crippen molar-refractivity contribution in [1.82, 2.24) is 0 Å². The van der Waals surface area contributed by atoms with Crippen LogP contribution in [0.3, 0.4) is 0 Å². The highest BCUT2D eigenvalue weighted by atomic mass is 79.9. The molecule has 0 bridgehead atoms. The van der Waals surface area contributed by atoms with Crippen molar-refractivity contribution in [1.29, 1.82) is 0 Å². The largest absolute Gasteiger partial charge is 0.384 e. The summed E-state index contributed by atoms with van der Waals surface area (Å²) in [4.78, 5) is 0. The maximum atomic E-state index is 12.8. The number of anilines is 1. The van der Waals surface area contributed by atoms with E-state index in [9.17, 15) is 4.39 Å². The predicted molar refractivity (Wildman–Crippen MR) is 56.3 cm³/mol. The molecule has 0 atom stereocenters. The molecule has 2 nitrogen and oxygen atoms in total. The fourth-order valence-electron chi connectivity index (χ4n) is 0.958. The SMILES string of the molecule is NCCCNc1cc(F)ccc1Br. The monoisotopic (exact) mass is 246 g/mol. The van der Waals surface area contributed by atoms with Gasteiger partial charge in [-0.25, -0.2) is 4.39 Å². The Hall–Kier alpha value is -0.610. The van der Waals surface area contributed by atoms with Crippen LogP contribution in [0.4, 0.5) is 10.1 Å². The molecule has 1 aromatic carbocycles. The molecule has 1 aromatic rings. The quantitative estimate of drug-likeness (QED) is 0.801. The molecule has 0 heterocycles. The summed E-state index contributed by atoms with van der Waals surface area (Å²) in [6.07, 6.45) is 0.878. The van der Waals surface area contributed by atoms with E-state index >= 15 is 0 Å². The molecule has 1 rings (SSSR count). The Bertz CT molecular complexity index is 278. The van der Waals surface area contributed by atoms with Crippen LogP contribution in [0.25, 0.3) is 0 Å². The topological polar surface area (TPSA) is 38.0 Å². The summed E-state index contributed by atoms with van der Waals surface area (Å²) in [7, 11) is 0. The van der Waals surface area contributed by atoms with Crippen LogP contribution in [0.5, 0.6) is 0 Å². The third-order valence-corrected chi connectivity index (χ3v) is 2.32. The Morgan fingerprint density at radius 1 is 1.46 bits per heavy atom. The zero-order valence-electron chi connectivity index (χ0n) is 7.19. The zero-order valence-corrected chi connectivity index (χ0v) is 8.77. The Labute approximate surface area is 85.4 Å². The lowest BCUT2D eigenvalue weighted by atomic mass is 10.3. The molecule has 0 saturated heterocycles. The third-order valence-electron chi connectivity index (χ3n) is 1.62. The summed E-state index contributed by atoms with van der Waals surface area (Å²) < 4.78 is 13.6. The van der Waals surface area contributed by atoms with Gasteiger partial charge in [0.2, 0.25) is 0 Å². The molecule has 0 saturated carbocycles.